The van der Waals surface area contributed by atoms with Crippen LogP contribution in [0.25, 0.3) is 11.1 Å². The minimum absolute atomic E-state index is 0.00938. The van der Waals surface area contributed by atoms with E-state index in [2.05, 4.69) is 29.2 Å². The third-order valence-electron chi connectivity index (χ3n) is 10.0. The van der Waals surface area contributed by atoms with Gasteiger partial charge in [0.2, 0.25) is 0 Å². The summed E-state index contributed by atoms with van der Waals surface area (Å²) < 4.78 is 60.0. The highest BCUT2D eigenvalue weighted by Crippen LogP contribution is 2.44. The molecule has 0 bridgehead atoms. The first-order valence-corrected chi connectivity index (χ1v) is 16.9. The summed E-state index contributed by atoms with van der Waals surface area (Å²) in [5, 5.41) is 0. The fourth-order valence-electron chi connectivity index (χ4n) is 6.65. The molecule has 0 radical (unpaired) electrons. The van der Waals surface area contributed by atoms with Gasteiger partial charge in [-0.1, -0.05) is 52.4 Å². The molecule has 0 aromatic heterocycles. The molecule has 0 atom stereocenters. The van der Waals surface area contributed by atoms with E-state index in [-0.39, 0.29) is 24.4 Å². The maximum absolute atomic E-state index is 13.8. The number of amides is 1. The van der Waals surface area contributed by atoms with E-state index in [0.29, 0.717) is 43.8 Å². The van der Waals surface area contributed by atoms with Gasteiger partial charge in [0.05, 0.1) is 11.2 Å². The Morgan fingerprint density at radius 3 is 2.00 bits per heavy atom. The lowest BCUT2D eigenvalue weighted by atomic mass is 9.72. The van der Waals surface area contributed by atoms with Crippen LogP contribution in [0.5, 0.6) is 5.75 Å². The summed E-state index contributed by atoms with van der Waals surface area (Å²) in [6.07, 6.45) is -0.347. The molecule has 1 aliphatic carbocycles. The lowest BCUT2D eigenvalue weighted by molar-refractivity contribution is 0.00578. The number of fused-ring (bicyclic) bond motifs is 3. The zero-order valence-electron chi connectivity index (χ0n) is 27.1. The number of piperazine rings is 1. The molecule has 0 saturated carbocycles. The Hall–Kier alpha value is -3.45. The first-order chi connectivity index (χ1) is 21.6. The Labute approximate surface area is 271 Å². The number of ether oxygens (including phenoxy) is 1. The molecule has 0 unspecified atom stereocenters. The van der Waals surface area contributed by atoms with E-state index in [4.69, 9.17) is 18.2 Å². The Morgan fingerprint density at radius 1 is 0.913 bits per heavy atom. The average molecular weight is 651 g/mol. The molecule has 0 spiro atoms. The second kappa shape index (κ2) is 12.0. The minimum Gasteiger partial charge on any atom is -0.448 e. The van der Waals surface area contributed by atoms with Gasteiger partial charge in [-0.3, -0.25) is 4.90 Å². The molecule has 6 rings (SSSR count). The molecule has 2 heterocycles. The maximum atomic E-state index is 13.8. The summed E-state index contributed by atoms with van der Waals surface area (Å²) in [7, 11) is -6.05. The van der Waals surface area contributed by atoms with Crippen LogP contribution < -0.4 is 9.65 Å². The number of benzene rings is 3. The molecular formula is C34H40BFN2O7S. The van der Waals surface area contributed by atoms with Gasteiger partial charge in [-0.05, 0) is 92.0 Å². The van der Waals surface area contributed by atoms with Crippen molar-refractivity contribution in [2.45, 2.75) is 65.2 Å². The van der Waals surface area contributed by atoms with Crippen molar-refractivity contribution < 1.29 is 35.3 Å². The van der Waals surface area contributed by atoms with Crippen molar-refractivity contribution in [1.82, 2.24) is 9.80 Å². The van der Waals surface area contributed by atoms with E-state index < -0.39 is 28.8 Å². The predicted octanol–water partition coefficient (Wildman–Crippen LogP) is 5.26. The van der Waals surface area contributed by atoms with Crippen molar-refractivity contribution in [2.24, 2.45) is 0 Å². The highest BCUT2D eigenvalue weighted by molar-refractivity contribution is 7.81. The molecule has 12 heteroatoms. The maximum Gasteiger partial charge on any atom is 0.495 e. The van der Waals surface area contributed by atoms with Gasteiger partial charge in [0.1, 0.15) is 12.4 Å². The average Bonchev–Trinajstić information content (AvgIpc) is 3.42. The second-order valence-electron chi connectivity index (χ2n) is 13.3. The quantitative estimate of drug-likeness (QED) is 0.253. The zero-order valence-corrected chi connectivity index (χ0v) is 27.9. The number of hydrogen-bond donors (Lipinski definition) is 0. The van der Waals surface area contributed by atoms with Gasteiger partial charge < -0.3 is 23.1 Å². The summed E-state index contributed by atoms with van der Waals surface area (Å²) in [5.74, 6) is -0.116. The van der Waals surface area contributed by atoms with Crippen molar-refractivity contribution in [1.29, 1.82) is 0 Å². The number of carbonyl (C=O) groups excluding carboxylic acids is 1. The highest BCUT2D eigenvalue weighted by atomic mass is 32.3. The summed E-state index contributed by atoms with van der Waals surface area (Å²) in [4.78, 5) is 17.0. The number of carbonyl (C=O) groups is 1. The Balaban J connectivity index is 1.13. The van der Waals surface area contributed by atoms with Crippen LogP contribution in [0.2, 0.25) is 0 Å². The molecule has 2 aliphatic heterocycles. The topological polar surface area (TPSA) is 94.6 Å². The number of hydrogen-bond acceptors (Lipinski definition) is 8. The Bertz CT molecular complexity index is 1710. The molecule has 2 saturated heterocycles. The molecule has 3 aliphatic rings. The van der Waals surface area contributed by atoms with E-state index in [1.165, 1.54) is 22.3 Å². The second-order valence-corrected chi connectivity index (χ2v) is 14.3. The summed E-state index contributed by atoms with van der Waals surface area (Å²) in [6.45, 7) is 14.1. The van der Waals surface area contributed by atoms with Crippen molar-refractivity contribution >= 4 is 29.2 Å². The normalized spacial score (nSPS) is 19.2. The summed E-state index contributed by atoms with van der Waals surface area (Å²) >= 11 is 0. The summed E-state index contributed by atoms with van der Waals surface area (Å²) in [6, 6.07) is 18.0. The van der Waals surface area contributed by atoms with Gasteiger partial charge in [-0.2, -0.15) is 8.42 Å². The molecule has 2 fully saturated rings. The lowest BCUT2D eigenvalue weighted by Crippen LogP contribution is -2.48. The first kappa shape index (κ1) is 32.5. The third kappa shape index (κ3) is 6.15. The van der Waals surface area contributed by atoms with E-state index in [0.717, 1.165) is 11.1 Å². The van der Waals surface area contributed by atoms with Crippen LogP contribution in [0, 0.1) is 13.8 Å². The summed E-state index contributed by atoms with van der Waals surface area (Å²) in [5.41, 5.74) is 6.08. The molecule has 9 nitrogen and oxygen atoms in total. The predicted molar refractivity (Wildman–Crippen MR) is 174 cm³/mol. The van der Waals surface area contributed by atoms with Crippen molar-refractivity contribution in [3.05, 3.63) is 82.4 Å². The highest BCUT2D eigenvalue weighted by Gasteiger charge is 2.53. The minimum atomic E-state index is -5.26. The van der Waals surface area contributed by atoms with Gasteiger partial charge in [0.25, 0.3) is 0 Å². The van der Waals surface area contributed by atoms with Crippen molar-refractivity contribution in [3.8, 4) is 16.9 Å². The molecule has 3 aromatic rings. The van der Waals surface area contributed by atoms with E-state index in [1.54, 1.807) is 17.9 Å². The fourth-order valence-corrected chi connectivity index (χ4v) is 7.04. The van der Waals surface area contributed by atoms with Gasteiger partial charge in [-0.25, -0.2) is 4.79 Å². The van der Waals surface area contributed by atoms with Crippen molar-refractivity contribution in [3.63, 3.8) is 0 Å². The van der Waals surface area contributed by atoms with Crippen molar-refractivity contribution in [2.75, 3.05) is 32.8 Å². The van der Waals surface area contributed by atoms with Crippen LogP contribution in [0.3, 0.4) is 0 Å². The Morgan fingerprint density at radius 2 is 1.46 bits per heavy atom. The number of halogens is 1. The van der Waals surface area contributed by atoms with E-state index in [9.17, 15) is 17.1 Å². The molecule has 46 heavy (non-hydrogen) atoms. The van der Waals surface area contributed by atoms with Crippen LogP contribution in [-0.4, -0.2) is 75.4 Å². The van der Waals surface area contributed by atoms with Gasteiger partial charge in [0.15, 0.2) is 0 Å². The standard InChI is InChI=1S/C34H40BFN2O7S/c1-22-24(19-30(43-46(36,40)41)23(2)31(22)35-44-33(3,4)34(5,6)45-35)20-37-15-17-38(18-16-37)32(39)42-21-29-27-13-9-7-11-25(27)26-12-8-10-14-28(26)29/h7-14,19,29H,15-18,20-21H2,1-6H3. The molecule has 1 amide bonds. The number of rotatable bonds is 7. The van der Waals surface area contributed by atoms with Crippen LogP contribution in [0.4, 0.5) is 8.68 Å². The Kier molecular flexibility index (Phi) is 8.46. The zero-order chi connectivity index (χ0) is 33.0. The monoisotopic (exact) mass is 650 g/mol. The lowest BCUT2D eigenvalue weighted by Gasteiger charge is -2.35. The van der Waals surface area contributed by atoms with Crippen LogP contribution >= 0.6 is 0 Å². The van der Waals surface area contributed by atoms with Gasteiger partial charge in [-0.15, -0.1) is 0 Å². The third-order valence-corrected chi connectivity index (χ3v) is 10.4. The van der Waals surface area contributed by atoms with Crippen LogP contribution in [0.1, 0.15) is 61.4 Å². The molecule has 3 aromatic carbocycles. The fraction of sp³-hybridized carbons (Fsp3) is 0.441. The molecule has 0 N–H and O–H groups in total. The SMILES string of the molecule is Cc1c(CN2CCN(C(=O)OCC3c4ccccc4-c4ccccc43)CC2)cc(OS(=O)(=O)F)c(C)c1B1OC(C)(C)C(C)(C)O1. The molecular weight excluding hydrogens is 610 g/mol. The van der Waals surface area contributed by atoms with Gasteiger partial charge >= 0.3 is 23.7 Å². The van der Waals surface area contributed by atoms with E-state index in [1.807, 2.05) is 58.9 Å². The first-order valence-electron chi connectivity index (χ1n) is 15.6. The smallest absolute Gasteiger partial charge is 0.448 e. The number of nitrogens with zero attached hydrogens (tertiary/aromatic N) is 2. The van der Waals surface area contributed by atoms with Gasteiger partial charge in [0, 0.05) is 38.6 Å². The largest absolute Gasteiger partial charge is 0.495 e. The van der Waals surface area contributed by atoms with Crippen LogP contribution in [-0.2, 0) is 31.1 Å². The molecule has 244 valence electrons. The van der Waals surface area contributed by atoms with E-state index >= 15 is 0 Å². The van der Waals surface area contributed by atoms with Crippen LogP contribution in [0.15, 0.2) is 54.6 Å².